The van der Waals surface area contributed by atoms with Gasteiger partial charge in [0.1, 0.15) is 11.3 Å². The summed E-state index contributed by atoms with van der Waals surface area (Å²) in [6.07, 6.45) is 5.71. The first kappa shape index (κ1) is 20.4. The van der Waals surface area contributed by atoms with Crippen LogP contribution < -0.4 is 4.74 Å². The van der Waals surface area contributed by atoms with Crippen LogP contribution in [0, 0.1) is 0 Å². The Morgan fingerprint density at radius 3 is 2.62 bits per heavy atom. The standard InChI is InChI=1S/C28H27NO3/c1-3-31-26-17-27-24(16-23(26)19(2)14-28(30)29-12-6-7-13-29)25(18-32-27)22-11-10-20-8-4-5-9-21(20)15-22/h4-5,8-11,14-18H,3,6-7,12-13H2,1-2H3/b19-14+. The summed E-state index contributed by atoms with van der Waals surface area (Å²) >= 11 is 0. The highest BCUT2D eigenvalue weighted by molar-refractivity contribution is 6.01. The first-order valence-electron chi connectivity index (χ1n) is 11.3. The van der Waals surface area contributed by atoms with E-state index in [-0.39, 0.29) is 5.91 Å². The maximum absolute atomic E-state index is 12.7. The number of fused-ring (bicyclic) bond motifs is 2. The number of hydrogen-bond donors (Lipinski definition) is 0. The molecule has 1 amide bonds. The number of hydrogen-bond acceptors (Lipinski definition) is 3. The summed E-state index contributed by atoms with van der Waals surface area (Å²) in [6.45, 7) is 6.17. The molecule has 3 aromatic carbocycles. The zero-order valence-corrected chi connectivity index (χ0v) is 18.6. The molecule has 0 spiro atoms. The van der Waals surface area contributed by atoms with E-state index in [1.807, 2.05) is 31.1 Å². The molecular formula is C28H27NO3. The molecule has 32 heavy (non-hydrogen) atoms. The highest BCUT2D eigenvalue weighted by Gasteiger charge is 2.19. The van der Waals surface area contributed by atoms with Crippen LogP contribution in [0.1, 0.15) is 32.3 Å². The minimum absolute atomic E-state index is 0.0736. The summed E-state index contributed by atoms with van der Waals surface area (Å²) in [4.78, 5) is 14.6. The minimum atomic E-state index is 0.0736. The Kier molecular flexibility index (Phi) is 5.44. The highest BCUT2D eigenvalue weighted by Crippen LogP contribution is 2.38. The lowest BCUT2D eigenvalue weighted by Gasteiger charge is -2.15. The molecule has 4 aromatic rings. The van der Waals surface area contributed by atoms with Gasteiger partial charge in [0, 0.05) is 41.7 Å². The van der Waals surface area contributed by atoms with Gasteiger partial charge in [-0.1, -0.05) is 36.4 Å². The number of ether oxygens (including phenoxy) is 1. The zero-order valence-electron chi connectivity index (χ0n) is 18.6. The van der Waals surface area contributed by atoms with Crippen molar-refractivity contribution >= 4 is 33.2 Å². The van der Waals surface area contributed by atoms with Gasteiger partial charge in [0.15, 0.2) is 0 Å². The Morgan fingerprint density at radius 2 is 1.84 bits per heavy atom. The van der Waals surface area contributed by atoms with Crippen molar-refractivity contribution in [3.8, 4) is 16.9 Å². The van der Waals surface area contributed by atoms with Crippen molar-refractivity contribution in [2.24, 2.45) is 0 Å². The Hall–Kier alpha value is -3.53. The SMILES string of the molecule is CCOc1cc2occ(-c3ccc4ccccc4c3)c2cc1/C(C)=C/C(=O)N1CCCC1. The lowest BCUT2D eigenvalue weighted by atomic mass is 9.97. The molecule has 0 unspecified atom stereocenters. The number of furan rings is 1. The van der Waals surface area contributed by atoms with Gasteiger partial charge in [-0.2, -0.15) is 0 Å². The number of carbonyl (C=O) groups is 1. The van der Waals surface area contributed by atoms with E-state index >= 15 is 0 Å². The maximum Gasteiger partial charge on any atom is 0.246 e. The number of carbonyl (C=O) groups excluding carboxylic acids is 1. The van der Waals surface area contributed by atoms with E-state index in [9.17, 15) is 4.79 Å². The molecule has 0 N–H and O–H groups in total. The number of benzene rings is 3. The molecule has 0 bridgehead atoms. The molecular weight excluding hydrogens is 398 g/mol. The molecule has 1 aromatic heterocycles. The van der Waals surface area contributed by atoms with Crippen LogP contribution in [0.15, 0.2) is 71.4 Å². The third-order valence-corrected chi connectivity index (χ3v) is 6.22. The monoisotopic (exact) mass is 425 g/mol. The summed E-state index contributed by atoms with van der Waals surface area (Å²) < 4.78 is 11.8. The molecule has 5 rings (SSSR count). The summed E-state index contributed by atoms with van der Waals surface area (Å²) in [5.74, 6) is 0.812. The van der Waals surface area contributed by atoms with Gasteiger partial charge in [0.2, 0.25) is 5.91 Å². The van der Waals surface area contributed by atoms with Crippen LogP contribution in [0.3, 0.4) is 0 Å². The predicted molar refractivity (Wildman–Crippen MR) is 130 cm³/mol. The smallest absolute Gasteiger partial charge is 0.246 e. The molecule has 0 radical (unpaired) electrons. The Labute approximate surface area is 188 Å². The molecule has 1 aliphatic heterocycles. The van der Waals surface area contributed by atoms with Gasteiger partial charge in [0.05, 0.1) is 12.9 Å². The van der Waals surface area contributed by atoms with Gasteiger partial charge < -0.3 is 14.1 Å². The lowest BCUT2D eigenvalue weighted by Crippen LogP contribution is -2.25. The van der Waals surface area contributed by atoms with E-state index in [2.05, 4.69) is 48.5 Å². The first-order valence-corrected chi connectivity index (χ1v) is 11.3. The van der Waals surface area contributed by atoms with Crippen molar-refractivity contribution in [3.63, 3.8) is 0 Å². The van der Waals surface area contributed by atoms with Crippen molar-refractivity contribution in [2.75, 3.05) is 19.7 Å². The molecule has 0 atom stereocenters. The van der Waals surface area contributed by atoms with Crippen LogP contribution >= 0.6 is 0 Å². The number of allylic oxidation sites excluding steroid dienone is 1. The van der Waals surface area contributed by atoms with E-state index in [1.165, 1.54) is 10.8 Å². The van der Waals surface area contributed by atoms with E-state index in [4.69, 9.17) is 9.15 Å². The molecule has 4 nitrogen and oxygen atoms in total. The van der Waals surface area contributed by atoms with E-state index < -0.39 is 0 Å². The fourth-order valence-corrected chi connectivity index (χ4v) is 4.51. The predicted octanol–water partition coefficient (Wildman–Crippen LogP) is 6.68. The van der Waals surface area contributed by atoms with Gasteiger partial charge in [0.25, 0.3) is 0 Å². The van der Waals surface area contributed by atoms with Crippen molar-refractivity contribution in [1.82, 2.24) is 4.90 Å². The van der Waals surface area contributed by atoms with E-state index in [0.29, 0.717) is 6.61 Å². The van der Waals surface area contributed by atoms with Gasteiger partial charge in [-0.3, -0.25) is 4.79 Å². The average Bonchev–Trinajstić information content (AvgIpc) is 3.48. The van der Waals surface area contributed by atoms with Crippen molar-refractivity contribution in [1.29, 1.82) is 0 Å². The van der Waals surface area contributed by atoms with Gasteiger partial charge in [-0.05, 0) is 60.7 Å². The fourth-order valence-electron chi connectivity index (χ4n) is 4.51. The number of rotatable bonds is 5. The Bertz CT molecular complexity index is 1330. The van der Waals surface area contributed by atoms with Crippen molar-refractivity contribution in [3.05, 3.63) is 72.5 Å². The van der Waals surface area contributed by atoms with Crippen LogP contribution in [-0.2, 0) is 4.79 Å². The molecule has 162 valence electrons. The van der Waals surface area contributed by atoms with Crippen molar-refractivity contribution in [2.45, 2.75) is 26.7 Å². The Morgan fingerprint density at radius 1 is 1.06 bits per heavy atom. The van der Waals surface area contributed by atoms with Crippen molar-refractivity contribution < 1.29 is 13.9 Å². The van der Waals surface area contributed by atoms with Crippen LogP contribution in [0.5, 0.6) is 5.75 Å². The largest absolute Gasteiger partial charge is 0.493 e. The molecule has 2 heterocycles. The summed E-state index contributed by atoms with van der Waals surface area (Å²) in [5, 5.41) is 3.42. The van der Waals surface area contributed by atoms with Gasteiger partial charge >= 0.3 is 0 Å². The molecule has 0 aliphatic carbocycles. The first-order chi connectivity index (χ1) is 15.6. The van der Waals surface area contributed by atoms with E-state index in [0.717, 1.165) is 64.9 Å². The minimum Gasteiger partial charge on any atom is -0.493 e. The third-order valence-electron chi connectivity index (χ3n) is 6.22. The van der Waals surface area contributed by atoms with Gasteiger partial charge in [-0.15, -0.1) is 0 Å². The highest BCUT2D eigenvalue weighted by atomic mass is 16.5. The van der Waals surface area contributed by atoms with Crippen LogP contribution in [-0.4, -0.2) is 30.5 Å². The second-order valence-electron chi connectivity index (χ2n) is 8.35. The lowest BCUT2D eigenvalue weighted by molar-refractivity contribution is -0.124. The normalized spacial score (nSPS) is 14.4. The number of nitrogens with zero attached hydrogens (tertiary/aromatic N) is 1. The van der Waals surface area contributed by atoms with E-state index in [1.54, 1.807) is 6.08 Å². The summed E-state index contributed by atoms with van der Waals surface area (Å²) in [7, 11) is 0. The van der Waals surface area contributed by atoms with Gasteiger partial charge in [-0.25, -0.2) is 0 Å². The summed E-state index contributed by atoms with van der Waals surface area (Å²) in [6, 6.07) is 18.8. The van der Waals surface area contributed by atoms with Crippen LogP contribution in [0.4, 0.5) is 0 Å². The van der Waals surface area contributed by atoms with Crippen LogP contribution in [0.2, 0.25) is 0 Å². The third kappa shape index (κ3) is 3.77. The quantitative estimate of drug-likeness (QED) is 0.335. The second-order valence-corrected chi connectivity index (χ2v) is 8.35. The zero-order chi connectivity index (χ0) is 22.1. The number of amides is 1. The molecule has 0 saturated carbocycles. The topological polar surface area (TPSA) is 42.7 Å². The molecule has 1 fully saturated rings. The molecule has 1 saturated heterocycles. The average molecular weight is 426 g/mol. The molecule has 1 aliphatic rings. The fraction of sp³-hybridized carbons (Fsp3) is 0.250. The van der Waals surface area contributed by atoms with Crippen LogP contribution in [0.25, 0.3) is 38.4 Å². The number of likely N-dealkylation sites (tertiary alicyclic amines) is 1. The molecule has 4 heteroatoms. The second kappa shape index (κ2) is 8.54. The summed E-state index contributed by atoms with van der Waals surface area (Å²) in [5.41, 5.74) is 4.74. The Balaban J connectivity index is 1.60. The maximum atomic E-state index is 12.7.